The first-order valence-electron chi connectivity index (χ1n) is 10.8. The lowest BCUT2D eigenvalue weighted by atomic mass is 10.0. The SMILES string of the molecule is CCCN([C@H](CO)CC(C)C)S(=O)(=O)c1ccc(Cc2nccc3[nH]c(C)nc23)cc1. The number of hydrogen-bond acceptors (Lipinski definition) is 5. The fourth-order valence-corrected chi connectivity index (χ4v) is 5.62. The third-order valence-electron chi connectivity index (χ3n) is 5.30. The van der Waals surface area contributed by atoms with Gasteiger partial charge in [-0.3, -0.25) is 4.98 Å². The molecule has 2 aromatic heterocycles. The number of rotatable bonds is 10. The summed E-state index contributed by atoms with van der Waals surface area (Å²) in [7, 11) is -3.70. The molecule has 0 amide bonds. The zero-order valence-electron chi connectivity index (χ0n) is 18.7. The van der Waals surface area contributed by atoms with E-state index in [0.717, 1.165) is 28.1 Å². The molecular formula is C23H32N4O3S. The molecule has 0 spiro atoms. The van der Waals surface area contributed by atoms with E-state index in [1.165, 1.54) is 4.31 Å². The maximum absolute atomic E-state index is 13.3. The number of imidazole rings is 1. The molecule has 8 heteroatoms. The number of nitrogens with one attached hydrogen (secondary N) is 1. The van der Waals surface area contributed by atoms with Gasteiger partial charge in [0.2, 0.25) is 10.0 Å². The molecule has 2 N–H and O–H groups in total. The topological polar surface area (TPSA) is 99.2 Å². The molecule has 0 saturated heterocycles. The summed E-state index contributed by atoms with van der Waals surface area (Å²) in [6.07, 6.45) is 3.62. The number of aryl methyl sites for hydroxylation is 1. The molecule has 3 aromatic rings. The van der Waals surface area contributed by atoms with E-state index in [-0.39, 0.29) is 17.4 Å². The molecular weight excluding hydrogens is 412 g/mol. The highest BCUT2D eigenvalue weighted by molar-refractivity contribution is 7.89. The Morgan fingerprint density at radius 1 is 1.16 bits per heavy atom. The van der Waals surface area contributed by atoms with E-state index in [1.807, 2.05) is 45.9 Å². The lowest BCUT2D eigenvalue weighted by molar-refractivity contribution is 0.168. The Kier molecular flexibility index (Phi) is 7.46. The third kappa shape index (κ3) is 5.31. The summed E-state index contributed by atoms with van der Waals surface area (Å²) >= 11 is 0. The number of hydrogen-bond donors (Lipinski definition) is 2. The van der Waals surface area contributed by atoms with Crippen LogP contribution in [0.1, 0.15) is 50.7 Å². The number of fused-ring (bicyclic) bond motifs is 1. The minimum Gasteiger partial charge on any atom is -0.395 e. The number of aliphatic hydroxyl groups is 1. The minimum atomic E-state index is -3.70. The van der Waals surface area contributed by atoms with Crippen molar-refractivity contribution in [1.82, 2.24) is 19.3 Å². The van der Waals surface area contributed by atoms with Gasteiger partial charge in [0.1, 0.15) is 11.3 Å². The first-order chi connectivity index (χ1) is 14.8. The van der Waals surface area contributed by atoms with Gasteiger partial charge in [-0.05, 0) is 49.4 Å². The zero-order chi connectivity index (χ0) is 22.6. The lowest BCUT2D eigenvalue weighted by Gasteiger charge is -2.30. The molecule has 168 valence electrons. The summed E-state index contributed by atoms with van der Waals surface area (Å²) < 4.78 is 28.1. The molecule has 7 nitrogen and oxygen atoms in total. The van der Waals surface area contributed by atoms with Crippen LogP contribution in [-0.4, -0.2) is 52.0 Å². The van der Waals surface area contributed by atoms with Crippen LogP contribution in [0.25, 0.3) is 11.0 Å². The number of aromatic nitrogens is 3. The Morgan fingerprint density at radius 3 is 2.48 bits per heavy atom. The average Bonchev–Trinajstić information content (AvgIpc) is 3.12. The quantitative estimate of drug-likeness (QED) is 0.497. The van der Waals surface area contributed by atoms with Crippen molar-refractivity contribution in [2.24, 2.45) is 5.92 Å². The highest BCUT2D eigenvalue weighted by atomic mass is 32.2. The Labute approximate surface area is 184 Å². The fraction of sp³-hybridized carbons (Fsp3) is 0.478. The normalized spacial score (nSPS) is 13.4. The molecule has 0 bridgehead atoms. The van der Waals surface area contributed by atoms with Gasteiger partial charge in [0, 0.05) is 25.2 Å². The maximum atomic E-state index is 13.3. The molecule has 0 aliphatic heterocycles. The van der Waals surface area contributed by atoms with Crippen LogP contribution in [0.15, 0.2) is 41.4 Å². The van der Waals surface area contributed by atoms with Gasteiger partial charge in [-0.1, -0.05) is 32.9 Å². The number of H-pyrrole nitrogens is 1. The largest absolute Gasteiger partial charge is 0.395 e. The molecule has 0 saturated carbocycles. The summed E-state index contributed by atoms with van der Waals surface area (Å²) in [5.41, 5.74) is 3.59. The van der Waals surface area contributed by atoms with Crippen LogP contribution in [0.3, 0.4) is 0 Å². The Morgan fingerprint density at radius 2 is 1.87 bits per heavy atom. The Balaban J connectivity index is 1.86. The van der Waals surface area contributed by atoms with Crippen molar-refractivity contribution in [1.29, 1.82) is 0 Å². The van der Waals surface area contributed by atoms with E-state index >= 15 is 0 Å². The van der Waals surface area contributed by atoms with Crippen LogP contribution >= 0.6 is 0 Å². The Hall–Kier alpha value is -2.29. The number of benzene rings is 1. The summed E-state index contributed by atoms with van der Waals surface area (Å²) in [6, 6.07) is 8.42. The van der Waals surface area contributed by atoms with Crippen LogP contribution in [0.5, 0.6) is 0 Å². The van der Waals surface area contributed by atoms with Crippen LogP contribution in [-0.2, 0) is 16.4 Å². The summed E-state index contributed by atoms with van der Waals surface area (Å²) in [5.74, 6) is 1.12. The van der Waals surface area contributed by atoms with Gasteiger partial charge in [-0.15, -0.1) is 0 Å². The van der Waals surface area contributed by atoms with Crippen molar-refractivity contribution in [3.05, 3.63) is 53.6 Å². The van der Waals surface area contributed by atoms with E-state index in [4.69, 9.17) is 0 Å². The van der Waals surface area contributed by atoms with E-state index in [9.17, 15) is 13.5 Å². The van der Waals surface area contributed by atoms with Gasteiger partial charge in [-0.2, -0.15) is 4.31 Å². The van der Waals surface area contributed by atoms with E-state index in [0.29, 0.717) is 25.8 Å². The van der Waals surface area contributed by atoms with Gasteiger partial charge in [-0.25, -0.2) is 13.4 Å². The first kappa shape index (κ1) is 23.4. The van der Waals surface area contributed by atoms with Crippen LogP contribution in [0, 0.1) is 12.8 Å². The molecule has 1 atom stereocenters. The minimum absolute atomic E-state index is 0.186. The Bertz CT molecular complexity index is 1110. The monoisotopic (exact) mass is 444 g/mol. The van der Waals surface area contributed by atoms with Crippen LogP contribution in [0.2, 0.25) is 0 Å². The molecule has 0 aliphatic rings. The predicted octanol–water partition coefficient (Wildman–Crippen LogP) is 3.66. The maximum Gasteiger partial charge on any atom is 0.243 e. The van der Waals surface area contributed by atoms with Gasteiger partial charge < -0.3 is 10.1 Å². The second kappa shape index (κ2) is 9.89. The van der Waals surface area contributed by atoms with Gasteiger partial charge in [0.15, 0.2) is 0 Å². The summed E-state index contributed by atoms with van der Waals surface area (Å²) in [6.45, 7) is 8.11. The highest BCUT2D eigenvalue weighted by Gasteiger charge is 2.31. The second-order valence-electron chi connectivity index (χ2n) is 8.38. The molecule has 31 heavy (non-hydrogen) atoms. The van der Waals surface area contributed by atoms with Crippen LogP contribution in [0.4, 0.5) is 0 Å². The highest BCUT2D eigenvalue weighted by Crippen LogP contribution is 2.24. The molecule has 0 aliphatic carbocycles. The molecule has 2 heterocycles. The number of pyridine rings is 1. The average molecular weight is 445 g/mol. The van der Waals surface area contributed by atoms with Gasteiger partial charge >= 0.3 is 0 Å². The van der Waals surface area contributed by atoms with Crippen molar-refractivity contribution in [3.63, 3.8) is 0 Å². The summed E-state index contributed by atoms with van der Waals surface area (Å²) in [4.78, 5) is 12.4. The molecule has 0 unspecified atom stereocenters. The molecule has 3 rings (SSSR count). The number of aliphatic hydroxyl groups excluding tert-OH is 1. The number of aromatic amines is 1. The van der Waals surface area contributed by atoms with Crippen molar-refractivity contribution < 1.29 is 13.5 Å². The molecule has 1 aromatic carbocycles. The van der Waals surface area contributed by atoms with E-state index in [2.05, 4.69) is 15.0 Å². The summed E-state index contributed by atoms with van der Waals surface area (Å²) in [5, 5.41) is 9.86. The number of nitrogens with zero attached hydrogens (tertiary/aromatic N) is 3. The zero-order valence-corrected chi connectivity index (χ0v) is 19.5. The second-order valence-corrected chi connectivity index (χ2v) is 10.3. The first-order valence-corrected chi connectivity index (χ1v) is 12.2. The van der Waals surface area contributed by atoms with Gasteiger partial charge in [0.25, 0.3) is 0 Å². The molecule has 0 fully saturated rings. The van der Waals surface area contributed by atoms with Gasteiger partial charge in [0.05, 0.1) is 22.7 Å². The van der Waals surface area contributed by atoms with Crippen molar-refractivity contribution in [2.45, 2.75) is 57.9 Å². The van der Waals surface area contributed by atoms with E-state index in [1.54, 1.807) is 18.3 Å². The smallest absolute Gasteiger partial charge is 0.243 e. The third-order valence-corrected chi connectivity index (χ3v) is 7.27. The number of sulfonamides is 1. The van der Waals surface area contributed by atoms with Crippen molar-refractivity contribution in [3.8, 4) is 0 Å². The van der Waals surface area contributed by atoms with Crippen LogP contribution < -0.4 is 0 Å². The van der Waals surface area contributed by atoms with Crippen molar-refractivity contribution in [2.75, 3.05) is 13.2 Å². The predicted molar refractivity (Wildman–Crippen MR) is 122 cm³/mol. The fourth-order valence-electron chi connectivity index (χ4n) is 3.90. The standard InChI is InChI=1S/C23H32N4O3S/c1-5-12-27(19(15-28)13-16(2)3)31(29,30)20-8-6-18(7-9-20)14-22-23-21(10-11-24-22)25-17(4)26-23/h6-11,16,19,28H,5,12-15H2,1-4H3,(H,25,26)/t19-/m0/s1. The lowest BCUT2D eigenvalue weighted by Crippen LogP contribution is -2.43. The van der Waals surface area contributed by atoms with Crippen molar-refractivity contribution >= 4 is 21.1 Å². The van der Waals surface area contributed by atoms with E-state index < -0.39 is 16.1 Å². The molecule has 0 radical (unpaired) electrons.